The number of aliphatic hydroxyl groups is 1. The Bertz CT molecular complexity index is 621. The summed E-state index contributed by atoms with van der Waals surface area (Å²) in [7, 11) is 0. The lowest BCUT2D eigenvalue weighted by Crippen LogP contribution is -2.62. The number of aliphatic hydroxyl groups excluding tert-OH is 1. The standard InChI is InChI=1S/C17H28N6O2/c18-5-7-20-15-12-2-6-19-10-13(12)21-16(22-15)25-9-1-8-23-11-14(24)17(23)3-4-17/h14,19,24H,1-11,18H2,(H,20,21,22). The van der Waals surface area contributed by atoms with Gasteiger partial charge in [0.2, 0.25) is 0 Å². The molecule has 1 saturated heterocycles. The number of hydrogen-bond donors (Lipinski definition) is 4. The van der Waals surface area contributed by atoms with Crippen LogP contribution in [-0.4, -0.2) is 70.9 Å². The van der Waals surface area contributed by atoms with Crippen molar-refractivity contribution in [2.75, 3.05) is 44.6 Å². The van der Waals surface area contributed by atoms with Crippen LogP contribution in [0.25, 0.3) is 0 Å². The second-order valence-electron chi connectivity index (χ2n) is 7.19. The summed E-state index contributed by atoms with van der Waals surface area (Å²) in [6, 6.07) is 0.437. The van der Waals surface area contributed by atoms with Crippen molar-refractivity contribution in [2.45, 2.75) is 43.9 Å². The number of nitrogens with zero attached hydrogens (tertiary/aromatic N) is 3. The van der Waals surface area contributed by atoms with Crippen LogP contribution in [0.3, 0.4) is 0 Å². The molecular weight excluding hydrogens is 320 g/mol. The van der Waals surface area contributed by atoms with Gasteiger partial charge in [-0.05, 0) is 32.2 Å². The van der Waals surface area contributed by atoms with Crippen molar-refractivity contribution in [1.29, 1.82) is 0 Å². The molecule has 1 aromatic heterocycles. The summed E-state index contributed by atoms with van der Waals surface area (Å²) < 4.78 is 5.82. The van der Waals surface area contributed by atoms with E-state index >= 15 is 0 Å². The molecule has 8 nitrogen and oxygen atoms in total. The van der Waals surface area contributed by atoms with E-state index in [-0.39, 0.29) is 11.6 Å². The zero-order valence-corrected chi connectivity index (χ0v) is 14.6. The quantitative estimate of drug-likeness (QED) is 0.465. The number of aromatic nitrogens is 2. The second-order valence-corrected chi connectivity index (χ2v) is 7.19. The Morgan fingerprint density at radius 3 is 3.04 bits per heavy atom. The number of nitrogens with one attached hydrogen (secondary N) is 2. The number of ether oxygens (including phenoxy) is 1. The molecule has 5 N–H and O–H groups in total. The molecular formula is C17H28N6O2. The predicted octanol–water partition coefficient (Wildman–Crippen LogP) is -0.529. The van der Waals surface area contributed by atoms with E-state index in [0.717, 1.165) is 63.4 Å². The number of anilines is 1. The summed E-state index contributed by atoms with van der Waals surface area (Å²) >= 11 is 0. The van der Waals surface area contributed by atoms with Gasteiger partial charge in [0, 0.05) is 43.8 Å². The predicted molar refractivity (Wildman–Crippen MR) is 94.6 cm³/mol. The minimum Gasteiger partial charge on any atom is -0.463 e. The number of likely N-dealkylation sites (tertiary alicyclic amines) is 1. The molecule has 138 valence electrons. The lowest BCUT2D eigenvalue weighted by atomic mass is 9.96. The molecule has 1 atom stereocenters. The lowest BCUT2D eigenvalue weighted by molar-refractivity contribution is -0.0800. The van der Waals surface area contributed by atoms with Crippen LogP contribution in [0, 0.1) is 0 Å². The summed E-state index contributed by atoms with van der Waals surface area (Å²) in [5.74, 6) is 0.856. The molecule has 1 spiro atoms. The highest BCUT2D eigenvalue weighted by atomic mass is 16.5. The topological polar surface area (TPSA) is 109 Å². The Labute approximate surface area is 148 Å². The lowest BCUT2D eigenvalue weighted by Gasteiger charge is -2.46. The average Bonchev–Trinajstić information content (AvgIpc) is 3.46. The third kappa shape index (κ3) is 3.31. The molecule has 3 heterocycles. The Kier molecular flexibility index (Phi) is 4.77. The van der Waals surface area contributed by atoms with Gasteiger partial charge >= 0.3 is 6.01 Å². The van der Waals surface area contributed by atoms with E-state index in [0.29, 0.717) is 25.7 Å². The van der Waals surface area contributed by atoms with Gasteiger partial charge in [-0.1, -0.05) is 0 Å². The molecule has 1 aliphatic carbocycles. The summed E-state index contributed by atoms with van der Waals surface area (Å²) in [5.41, 5.74) is 7.90. The fourth-order valence-electron chi connectivity index (χ4n) is 3.91. The molecule has 8 heteroatoms. The second kappa shape index (κ2) is 7.03. The largest absolute Gasteiger partial charge is 0.463 e. The molecule has 3 aliphatic rings. The number of fused-ring (bicyclic) bond motifs is 1. The molecule has 0 radical (unpaired) electrons. The van der Waals surface area contributed by atoms with Crippen molar-refractivity contribution >= 4 is 5.82 Å². The SMILES string of the molecule is NCCNc1nc(OCCCN2CC(O)C23CC3)nc2c1CCNC2. The molecule has 2 aliphatic heterocycles. The van der Waals surface area contributed by atoms with Crippen LogP contribution in [-0.2, 0) is 13.0 Å². The van der Waals surface area contributed by atoms with Gasteiger partial charge < -0.3 is 26.2 Å². The van der Waals surface area contributed by atoms with E-state index in [9.17, 15) is 5.11 Å². The Balaban J connectivity index is 1.32. The zero-order chi connectivity index (χ0) is 17.3. The first-order valence-corrected chi connectivity index (χ1v) is 9.33. The van der Waals surface area contributed by atoms with E-state index in [2.05, 4.69) is 25.5 Å². The number of rotatable bonds is 8. The molecule has 1 saturated carbocycles. The smallest absolute Gasteiger partial charge is 0.318 e. The highest BCUT2D eigenvalue weighted by Gasteiger charge is 2.60. The molecule has 1 unspecified atom stereocenters. The van der Waals surface area contributed by atoms with Gasteiger partial charge in [0.05, 0.1) is 18.4 Å². The number of hydrogen-bond acceptors (Lipinski definition) is 8. The molecule has 1 aromatic rings. The number of nitrogens with two attached hydrogens (primary N) is 1. The van der Waals surface area contributed by atoms with E-state index in [1.807, 2.05) is 0 Å². The first-order valence-electron chi connectivity index (χ1n) is 9.33. The highest BCUT2D eigenvalue weighted by Crippen LogP contribution is 2.51. The minimum atomic E-state index is -0.124. The third-order valence-corrected chi connectivity index (χ3v) is 5.56. The van der Waals surface area contributed by atoms with Crippen LogP contribution < -0.4 is 21.1 Å². The molecule has 25 heavy (non-hydrogen) atoms. The van der Waals surface area contributed by atoms with Gasteiger partial charge in [0.15, 0.2) is 0 Å². The van der Waals surface area contributed by atoms with Crippen LogP contribution in [0.15, 0.2) is 0 Å². The Hall–Kier alpha value is -1.48. The van der Waals surface area contributed by atoms with E-state index < -0.39 is 0 Å². The van der Waals surface area contributed by atoms with E-state index in [4.69, 9.17) is 10.5 Å². The monoisotopic (exact) mass is 348 g/mol. The van der Waals surface area contributed by atoms with Crippen molar-refractivity contribution in [1.82, 2.24) is 20.2 Å². The third-order valence-electron chi connectivity index (χ3n) is 5.56. The fourth-order valence-corrected chi connectivity index (χ4v) is 3.91. The highest BCUT2D eigenvalue weighted by molar-refractivity contribution is 5.48. The minimum absolute atomic E-state index is 0.118. The summed E-state index contributed by atoms with van der Waals surface area (Å²) in [5, 5.41) is 16.5. The van der Waals surface area contributed by atoms with Crippen LogP contribution in [0.4, 0.5) is 5.82 Å². The molecule has 0 bridgehead atoms. The van der Waals surface area contributed by atoms with Crippen molar-refractivity contribution in [2.24, 2.45) is 5.73 Å². The van der Waals surface area contributed by atoms with Gasteiger partial charge in [-0.25, -0.2) is 0 Å². The molecule has 0 amide bonds. The van der Waals surface area contributed by atoms with Crippen LogP contribution in [0.2, 0.25) is 0 Å². The van der Waals surface area contributed by atoms with Gasteiger partial charge in [-0.3, -0.25) is 4.90 Å². The first kappa shape index (κ1) is 17.0. The van der Waals surface area contributed by atoms with Gasteiger partial charge in [0.25, 0.3) is 0 Å². The summed E-state index contributed by atoms with van der Waals surface area (Å²) in [6.07, 6.45) is 3.97. The molecule has 0 aromatic carbocycles. The van der Waals surface area contributed by atoms with Gasteiger partial charge in [-0.15, -0.1) is 0 Å². The zero-order valence-electron chi connectivity index (χ0n) is 14.6. The van der Waals surface area contributed by atoms with Crippen molar-refractivity contribution in [3.05, 3.63) is 11.3 Å². The van der Waals surface area contributed by atoms with Gasteiger partial charge in [-0.2, -0.15) is 9.97 Å². The normalized spacial score (nSPS) is 23.8. The van der Waals surface area contributed by atoms with Crippen LogP contribution in [0.5, 0.6) is 6.01 Å². The van der Waals surface area contributed by atoms with Crippen molar-refractivity contribution in [3.8, 4) is 6.01 Å². The average molecular weight is 348 g/mol. The number of β-amino-alcohol motifs (C(OH)–C–C–N with tert-alkyl or cyclic N) is 1. The fraction of sp³-hybridized carbons (Fsp3) is 0.765. The Morgan fingerprint density at radius 2 is 2.28 bits per heavy atom. The van der Waals surface area contributed by atoms with E-state index in [1.54, 1.807) is 0 Å². The molecule has 2 fully saturated rings. The van der Waals surface area contributed by atoms with Crippen molar-refractivity contribution in [3.63, 3.8) is 0 Å². The molecule has 4 rings (SSSR count). The van der Waals surface area contributed by atoms with Crippen molar-refractivity contribution < 1.29 is 9.84 Å². The maximum Gasteiger partial charge on any atom is 0.318 e. The summed E-state index contributed by atoms with van der Waals surface area (Å²) in [4.78, 5) is 11.5. The first-order chi connectivity index (χ1) is 12.2. The van der Waals surface area contributed by atoms with E-state index in [1.165, 1.54) is 5.56 Å². The summed E-state index contributed by atoms with van der Waals surface area (Å²) in [6.45, 7) is 5.30. The Morgan fingerprint density at radius 1 is 1.40 bits per heavy atom. The van der Waals surface area contributed by atoms with Gasteiger partial charge in [0.1, 0.15) is 5.82 Å². The van der Waals surface area contributed by atoms with Crippen LogP contribution >= 0.6 is 0 Å². The maximum atomic E-state index is 9.84. The van der Waals surface area contributed by atoms with Crippen LogP contribution in [0.1, 0.15) is 30.5 Å². The maximum absolute atomic E-state index is 9.84.